The number of ether oxygens (including phenoxy) is 2. The average Bonchev–Trinajstić information content (AvgIpc) is 3.45. The zero-order valence-electron chi connectivity index (χ0n) is 24.8. The van der Waals surface area contributed by atoms with Crippen molar-refractivity contribution in [2.75, 3.05) is 62.7 Å². The first kappa shape index (κ1) is 27.2. The number of benzene rings is 3. The minimum Gasteiger partial charge on any atom is -0.486 e. The van der Waals surface area contributed by atoms with Crippen LogP contribution in [0.4, 0.5) is 11.5 Å². The summed E-state index contributed by atoms with van der Waals surface area (Å²) in [5.74, 6) is 3.03. The molecule has 2 aromatic heterocycles. The maximum Gasteiger partial charge on any atom is 0.170 e. The predicted octanol–water partition coefficient (Wildman–Crippen LogP) is 5.49. The number of imidazole rings is 1. The summed E-state index contributed by atoms with van der Waals surface area (Å²) in [6.45, 7) is 11.6. The fourth-order valence-corrected chi connectivity index (χ4v) is 6.02. The molecule has 9 nitrogen and oxygen atoms in total. The minimum atomic E-state index is 0.533. The van der Waals surface area contributed by atoms with Gasteiger partial charge in [0, 0.05) is 50.0 Å². The second-order valence-electron chi connectivity index (χ2n) is 11.2. The van der Waals surface area contributed by atoms with Crippen molar-refractivity contribution in [3.05, 3.63) is 84.2 Å². The molecule has 9 heteroatoms. The van der Waals surface area contributed by atoms with Gasteiger partial charge in [-0.15, -0.1) is 0 Å². The number of aromatic nitrogens is 4. The van der Waals surface area contributed by atoms with Gasteiger partial charge in [-0.3, -0.25) is 9.47 Å². The molecule has 0 saturated carbocycles. The summed E-state index contributed by atoms with van der Waals surface area (Å²) >= 11 is 0. The number of rotatable bonds is 8. The van der Waals surface area contributed by atoms with E-state index in [9.17, 15) is 0 Å². The van der Waals surface area contributed by atoms with E-state index in [0.717, 1.165) is 91.2 Å². The lowest BCUT2D eigenvalue weighted by atomic mass is 10.1. The Kier molecular flexibility index (Phi) is 7.55. The Labute approximate surface area is 252 Å². The van der Waals surface area contributed by atoms with Crippen molar-refractivity contribution in [2.24, 2.45) is 0 Å². The van der Waals surface area contributed by atoms with Crippen LogP contribution in [-0.4, -0.2) is 76.9 Å². The highest BCUT2D eigenvalue weighted by Gasteiger charge is 2.22. The van der Waals surface area contributed by atoms with Crippen LogP contribution in [0.3, 0.4) is 0 Å². The van der Waals surface area contributed by atoms with E-state index in [2.05, 4.69) is 73.8 Å². The second kappa shape index (κ2) is 11.9. The van der Waals surface area contributed by atoms with Crippen LogP contribution in [0.15, 0.2) is 73.1 Å². The largest absolute Gasteiger partial charge is 0.486 e. The third-order valence-electron chi connectivity index (χ3n) is 8.49. The Morgan fingerprint density at radius 1 is 0.837 bits per heavy atom. The van der Waals surface area contributed by atoms with Crippen molar-refractivity contribution in [3.63, 3.8) is 0 Å². The van der Waals surface area contributed by atoms with Crippen LogP contribution in [0.1, 0.15) is 17.5 Å². The zero-order chi connectivity index (χ0) is 29.2. The molecule has 2 aliphatic rings. The van der Waals surface area contributed by atoms with E-state index < -0.39 is 0 Å². The highest BCUT2D eigenvalue weighted by molar-refractivity contribution is 5.88. The lowest BCUT2D eigenvalue weighted by Crippen LogP contribution is -2.47. The molecule has 0 radical (unpaired) electrons. The van der Waals surface area contributed by atoms with Gasteiger partial charge in [0.2, 0.25) is 0 Å². The number of fused-ring (bicyclic) bond motifs is 2. The molecule has 2 aliphatic heterocycles. The van der Waals surface area contributed by atoms with Gasteiger partial charge >= 0.3 is 0 Å². The molecule has 220 valence electrons. The highest BCUT2D eigenvalue weighted by atomic mass is 16.6. The van der Waals surface area contributed by atoms with Gasteiger partial charge in [0.1, 0.15) is 25.4 Å². The lowest BCUT2D eigenvalue weighted by Gasteiger charge is -2.37. The Balaban J connectivity index is 1.06. The minimum absolute atomic E-state index is 0.533. The summed E-state index contributed by atoms with van der Waals surface area (Å²) in [5, 5.41) is 3.56. The maximum absolute atomic E-state index is 5.89. The van der Waals surface area contributed by atoms with Gasteiger partial charge in [0.25, 0.3) is 0 Å². The first-order chi connectivity index (χ1) is 21.2. The van der Waals surface area contributed by atoms with Crippen molar-refractivity contribution in [1.29, 1.82) is 0 Å². The van der Waals surface area contributed by atoms with Gasteiger partial charge in [-0.05, 0) is 56.1 Å². The van der Waals surface area contributed by atoms with Crippen molar-refractivity contribution in [1.82, 2.24) is 24.4 Å². The van der Waals surface area contributed by atoms with Crippen LogP contribution in [0.25, 0.3) is 28.2 Å². The van der Waals surface area contributed by atoms with E-state index in [4.69, 9.17) is 14.5 Å². The fourth-order valence-electron chi connectivity index (χ4n) is 6.02. The first-order valence-electron chi connectivity index (χ1n) is 15.1. The third kappa shape index (κ3) is 5.48. The highest BCUT2D eigenvalue weighted by Crippen LogP contribution is 2.36. The molecule has 1 fully saturated rings. The molecular formula is C34H37N7O2. The summed E-state index contributed by atoms with van der Waals surface area (Å²) in [6, 6.07) is 22.8. The number of nitrogens with one attached hydrogen (secondary N) is 1. The van der Waals surface area contributed by atoms with E-state index in [1.807, 2.05) is 36.4 Å². The van der Waals surface area contributed by atoms with E-state index in [0.29, 0.717) is 13.2 Å². The summed E-state index contributed by atoms with van der Waals surface area (Å²) in [4.78, 5) is 19.4. The Morgan fingerprint density at radius 3 is 2.49 bits per heavy atom. The molecule has 0 amide bonds. The van der Waals surface area contributed by atoms with Crippen molar-refractivity contribution in [2.45, 2.75) is 20.3 Å². The van der Waals surface area contributed by atoms with E-state index in [-0.39, 0.29) is 0 Å². The number of hydrogen-bond acceptors (Lipinski definition) is 8. The quantitative estimate of drug-likeness (QED) is 0.243. The van der Waals surface area contributed by atoms with Crippen LogP contribution >= 0.6 is 0 Å². The second-order valence-corrected chi connectivity index (χ2v) is 11.2. The van der Waals surface area contributed by atoms with Gasteiger partial charge < -0.3 is 19.7 Å². The third-order valence-corrected chi connectivity index (χ3v) is 8.49. The molecule has 4 heterocycles. The maximum atomic E-state index is 5.89. The summed E-state index contributed by atoms with van der Waals surface area (Å²) in [7, 11) is 0. The Hall–Kier alpha value is -4.63. The molecule has 0 unspecified atom stereocenters. The van der Waals surface area contributed by atoms with Gasteiger partial charge in [0.05, 0.1) is 5.69 Å². The van der Waals surface area contributed by atoms with Crippen LogP contribution in [-0.2, 0) is 0 Å². The molecule has 1 N–H and O–H groups in total. The summed E-state index contributed by atoms with van der Waals surface area (Å²) in [5.41, 5.74) is 7.53. The van der Waals surface area contributed by atoms with Crippen LogP contribution in [0.5, 0.6) is 11.5 Å². The SMILES string of the molecule is Cc1cccc(N2CCN(CCCNc3ncnc4c3nc(-c3ccccc3)n4-c3ccc4c(c3)OCCO4)CC2)c1C. The van der Waals surface area contributed by atoms with Crippen molar-refractivity contribution < 1.29 is 9.47 Å². The molecule has 0 atom stereocenters. The fraction of sp³-hybridized carbons (Fsp3) is 0.324. The number of anilines is 2. The molecule has 0 spiro atoms. The zero-order valence-corrected chi connectivity index (χ0v) is 24.8. The van der Waals surface area contributed by atoms with Crippen LogP contribution in [0, 0.1) is 13.8 Å². The van der Waals surface area contributed by atoms with E-state index in [1.165, 1.54) is 16.8 Å². The first-order valence-corrected chi connectivity index (χ1v) is 15.1. The van der Waals surface area contributed by atoms with Crippen LogP contribution in [0.2, 0.25) is 0 Å². The van der Waals surface area contributed by atoms with E-state index in [1.54, 1.807) is 6.33 Å². The van der Waals surface area contributed by atoms with Crippen molar-refractivity contribution in [3.8, 4) is 28.6 Å². The molecular weight excluding hydrogens is 538 g/mol. The summed E-state index contributed by atoms with van der Waals surface area (Å²) < 4.78 is 13.7. The van der Waals surface area contributed by atoms with Gasteiger partial charge in [-0.1, -0.05) is 42.5 Å². The topological polar surface area (TPSA) is 80.6 Å². The standard InChI is InChI=1S/C34H37N7O2/c1-24-8-6-11-28(25(24)2)40-18-16-39(17-19-40)15-7-14-35-32-31-34(37-23-36-32)41(33(38-31)26-9-4-3-5-10-26)27-12-13-29-30(22-27)43-21-20-42-29/h3-6,8-13,22-23H,7,14-21H2,1-2H3,(H,35,36,37). The monoisotopic (exact) mass is 575 g/mol. The number of nitrogens with zero attached hydrogens (tertiary/aromatic N) is 6. The molecule has 0 aliphatic carbocycles. The predicted molar refractivity (Wildman–Crippen MR) is 171 cm³/mol. The summed E-state index contributed by atoms with van der Waals surface area (Å²) in [6.07, 6.45) is 2.63. The van der Waals surface area contributed by atoms with Gasteiger partial charge in [-0.2, -0.15) is 0 Å². The number of piperazine rings is 1. The molecule has 43 heavy (non-hydrogen) atoms. The molecule has 3 aromatic carbocycles. The molecule has 5 aromatic rings. The number of hydrogen-bond donors (Lipinski definition) is 1. The van der Waals surface area contributed by atoms with Crippen LogP contribution < -0.4 is 19.7 Å². The average molecular weight is 576 g/mol. The van der Waals surface area contributed by atoms with Gasteiger partial charge in [-0.25, -0.2) is 15.0 Å². The van der Waals surface area contributed by atoms with Gasteiger partial charge in [0.15, 0.2) is 28.5 Å². The molecule has 1 saturated heterocycles. The normalized spacial score (nSPS) is 15.2. The Morgan fingerprint density at radius 2 is 1.65 bits per heavy atom. The Bertz CT molecular complexity index is 1730. The molecule has 0 bridgehead atoms. The van der Waals surface area contributed by atoms with Crippen molar-refractivity contribution >= 4 is 22.7 Å². The smallest absolute Gasteiger partial charge is 0.170 e. The molecule has 7 rings (SSSR count). The van der Waals surface area contributed by atoms with E-state index >= 15 is 0 Å². The lowest BCUT2D eigenvalue weighted by molar-refractivity contribution is 0.171. The number of aryl methyl sites for hydroxylation is 1.